The lowest BCUT2D eigenvalue weighted by molar-refractivity contribution is -0.140. The third-order valence-electron chi connectivity index (χ3n) is 7.92. The first-order valence-corrected chi connectivity index (χ1v) is 17.9. The maximum absolute atomic E-state index is 14.6. The number of hydrogen-bond donors (Lipinski definition) is 1. The predicted molar refractivity (Wildman–Crippen MR) is 184 cm³/mol. The maximum Gasteiger partial charge on any atom is 0.264 e. The molecule has 0 radical (unpaired) electrons. The molecule has 4 aromatic rings. The molecule has 0 heterocycles. The number of nitrogens with zero attached hydrogens (tertiary/aromatic N) is 2. The molecular weight excluding hydrogens is 718 g/mol. The summed E-state index contributed by atoms with van der Waals surface area (Å²) < 4.78 is 30.8. The number of carbonyl (C=O) groups excluding carboxylic acids is 2. The van der Waals surface area contributed by atoms with Crippen LogP contribution >= 0.6 is 31.9 Å². The first-order valence-electron chi connectivity index (χ1n) is 14.9. The molecule has 1 aliphatic rings. The first kappa shape index (κ1) is 32.9. The van der Waals surface area contributed by atoms with E-state index >= 15 is 0 Å². The minimum atomic E-state index is -4.15. The number of nitrogens with one attached hydrogen (secondary N) is 1. The number of hydrogen-bond acceptors (Lipinski definition) is 4. The highest BCUT2D eigenvalue weighted by Crippen LogP contribution is 2.28. The van der Waals surface area contributed by atoms with Gasteiger partial charge >= 0.3 is 0 Å². The molecular formula is C35H35Br2N3O4S. The van der Waals surface area contributed by atoms with E-state index in [1.54, 1.807) is 42.5 Å². The lowest BCUT2D eigenvalue weighted by Crippen LogP contribution is -2.54. The topological polar surface area (TPSA) is 86.8 Å². The number of carbonyl (C=O) groups is 2. The molecule has 1 N–H and O–H groups in total. The number of halogens is 2. The van der Waals surface area contributed by atoms with Crippen LogP contribution in [-0.2, 0) is 32.6 Å². The summed E-state index contributed by atoms with van der Waals surface area (Å²) in [5.74, 6) is -0.731. The fraction of sp³-hybridized carbons (Fsp3) is 0.257. The molecule has 1 aliphatic carbocycles. The van der Waals surface area contributed by atoms with Crippen molar-refractivity contribution in [3.8, 4) is 0 Å². The zero-order chi connectivity index (χ0) is 31.8. The van der Waals surface area contributed by atoms with E-state index in [1.807, 2.05) is 54.6 Å². The van der Waals surface area contributed by atoms with Crippen LogP contribution < -0.4 is 9.62 Å². The van der Waals surface area contributed by atoms with Crippen molar-refractivity contribution in [2.24, 2.45) is 0 Å². The van der Waals surface area contributed by atoms with Crippen LogP contribution in [0.5, 0.6) is 0 Å². The van der Waals surface area contributed by atoms with Gasteiger partial charge in [-0.3, -0.25) is 13.9 Å². The van der Waals surface area contributed by atoms with Gasteiger partial charge in [-0.2, -0.15) is 0 Å². The Morgan fingerprint density at radius 2 is 1.38 bits per heavy atom. The normalized spacial score (nSPS) is 14.1. The van der Waals surface area contributed by atoms with Crippen LogP contribution in [0.15, 0.2) is 123 Å². The van der Waals surface area contributed by atoms with Crippen molar-refractivity contribution in [3.63, 3.8) is 0 Å². The third kappa shape index (κ3) is 8.62. The average molecular weight is 754 g/mol. The van der Waals surface area contributed by atoms with E-state index in [1.165, 1.54) is 17.0 Å². The van der Waals surface area contributed by atoms with Crippen molar-refractivity contribution in [2.45, 2.75) is 55.6 Å². The van der Waals surface area contributed by atoms with E-state index in [2.05, 4.69) is 37.2 Å². The minimum absolute atomic E-state index is 0.0511. The summed E-state index contributed by atoms with van der Waals surface area (Å²) in [6, 6.07) is 31.2. The molecule has 45 heavy (non-hydrogen) atoms. The molecule has 0 saturated heterocycles. The molecule has 10 heteroatoms. The Bertz CT molecular complexity index is 1720. The Morgan fingerprint density at radius 1 is 0.778 bits per heavy atom. The number of rotatable bonds is 12. The second-order valence-corrected chi connectivity index (χ2v) is 14.8. The highest BCUT2D eigenvalue weighted by atomic mass is 79.9. The van der Waals surface area contributed by atoms with Crippen LogP contribution in [-0.4, -0.2) is 43.8 Å². The molecule has 234 valence electrons. The Balaban J connectivity index is 1.56. The van der Waals surface area contributed by atoms with E-state index in [9.17, 15) is 18.0 Å². The van der Waals surface area contributed by atoms with Gasteiger partial charge in [0.05, 0.1) is 10.6 Å². The predicted octanol–water partition coefficient (Wildman–Crippen LogP) is 7.11. The molecule has 5 rings (SSSR count). The van der Waals surface area contributed by atoms with Crippen LogP contribution in [0.2, 0.25) is 0 Å². The Morgan fingerprint density at radius 3 is 2.02 bits per heavy atom. The smallest absolute Gasteiger partial charge is 0.264 e. The van der Waals surface area contributed by atoms with Gasteiger partial charge in [-0.1, -0.05) is 111 Å². The number of sulfonamides is 1. The standard InChI is InChI=1S/C35H35Br2N3O4S/c36-28-14-9-13-27(21-28)24-39(33(22-26-11-3-1-4-12-26)35(42)38-30-16-7-8-17-30)34(41)25-40(31-18-10-15-29(37)23-31)45(43,44)32-19-5-2-6-20-32/h1-6,9-15,18-21,23,30,33H,7-8,16-17,22,24-25H2,(H,38,42)/t33-/m1/s1. The van der Waals surface area contributed by atoms with E-state index < -0.39 is 28.5 Å². The molecule has 0 aliphatic heterocycles. The molecule has 0 aromatic heterocycles. The maximum atomic E-state index is 14.6. The van der Waals surface area contributed by atoms with E-state index in [0.29, 0.717) is 10.2 Å². The van der Waals surface area contributed by atoms with Crippen LogP contribution in [0.1, 0.15) is 36.8 Å². The SMILES string of the molecule is O=C(NC1CCCC1)[C@@H](Cc1ccccc1)N(Cc1cccc(Br)c1)C(=O)CN(c1cccc(Br)c1)S(=O)(=O)c1ccccc1. The van der Waals surface area contributed by atoms with Gasteiger partial charge in [0.1, 0.15) is 12.6 Å². The Labute approximate surface area is 281 Å². The van der Waals surface area contributed by atoms with Gasteiger partial charge in [0, 0.05) is 28.0 Å². The number of anilines is 1. The van der Waals surface area contributed by atoms with E-state index in [0.717, 1.165) is 45.6 Å². The molecule has 1 saturated carbocycles. The highest BCUT2D eigenvalue weighted by Gasteiger charge is 2.35. The summed E-state index contributed by atoms with van der Waals surface area (Å²) in [5, 5.41) is 3.20. The van der Waals surface area contributed by atoms with Crippen LogP contribution in [0.4, 0.5) is 5.69 Å². The van der Waals surface area contributed by atoms with Crippen molar-refractivity contribution in [3.05, 3.63) is 129 Å². The van der Waals surface area contributed by atoms with Crippen molar-refractivity contribution in [1.82, 2.24) is 10.2 Å². The van der Waals surface area contributed by atoms with Crippen LogP contribution in [0.25, 0.3) is 0 Å². The van der Waals surface area contributed by atoms with Crippen molar-refractivity contribution >= 4 is 59.4 Å². The summed E-state index contributed by atoms with van der Waals surface area (Å²) in [5.41, 5.74) is 2.04. The lowest BCUT2D eigenvalue weighted by Gasteiger charge is -2.34. The number of amides is 2. The fourth-order valence-corrected chi connectivity index (χ4v) is 7.89. The second-order valence-electron chi connectivity index (χ2n) is 11.2. The van der Waals surface area contributed by atoms with Gasteiger partial charge in [0.25, 0.3) is 10.0 Å². The van der Waals surface area contributed by atoms with Gasteiger partial charge < -0.3 is 10.2 Å². The highest BCUT2D eigenvalue weighted by molar-refractivity contribution is 9.10. The Hall–Kier alpha value is -3.47. The molecule has 2 amide bonds. The van der Waals surface area contributed by atoms with Crippen LogP contribution in [0.3, 0.4) is 0 Å². The lowest BCUT2D eigenvalue weighted by atomic mass is 10.0. The monoisotopic (exact) mass is 751 g/mol. The Kier molecular flexibility index (Phi) is 11.1. The molecule has 0 spiro atoms. The first-order chi connectivity index (χ1) is 21.7. The molecule has 1 fully saturated rings. The summed E-state index contributed by atoms with van der Waals surface area (Å²) >= 11 is 6.97. The second kappa shape index (κ2) is 15.2. The zero-order valence-electron chi connectivity index (χ0n) is 24.7. The molecule has 4 aromatic carbocycles. The fourth-order valence-electron chi connectivity index (χ4n) is 5.63. The largest absolute Gasteiger partial charge is 0.352 e. The van der Waals surface area contributed by atoms with E-state index in [4.69, 9.17) is 0 Å². The summed E-state index contributed by atoms with van der Waals surface area (Å²) in [6.07, 6.45) is 4.17. The quantitative estimate of drug-likeness (QED) is 0.167. The average Bonchev–Trinajstić information content (AvgIpc) is 3.55. The van der Waals surface area contributed by atoms with Gasteiger partial charge in [-0.05, 0) is 66.4 Å². The van der Waals surface area contributed by atoms with E-state index in [-0.39, 0.29) is 29.8 Å². The summed E-state index contributed by atoms with van der Waals surface area (Å²) in [6.45, 7) is -0.380. The van der Waals surface area contributed by atoms with Crippen molar-refractivity contribution < 1.29 is 18.0 Å². The van der Waals surface area contributed by atoms with Crippen LogP contribution in [0, 0.1) is 0 Å². The van der Waals surface area contributed by atoms with Gasteiger partial charge in [-0.25, -0.2) is 8.42 Å². The summed E-state index contributed by atoms with van der Waals surface area (Å²) in [4.78, 5) is 30.2. The molecule has 1 atom stereocenters. The van der Waals surface area contributed by atoms with Gasteiger partial charge in [0.15, 0.2) is 0 Å². The van der Waals surface area contributed by atoms with Crippen molar-refractivity contribution in [1.29, 1.82) is 0 Å². The number of benzene rings is 4. The van der Waals surface area contributed by atoms with Gasteiger partial charge in [-0.15, -0.1) is 0 Å². The summed E-state index contributed by atoms with van der Waals surface area (Å²) in [7, 11) is -4.15. The van der Waals surface area contributed by atoms with Gasteiger partial charge in [0.2, 0.25) is 11.8 Å². The molecule has 7 nitrogen and oxygen atoms in total. The van der Waals surface area contributed by atoms with Crippen molar-refractivity contribution in [2.75, 3.05) is 10.8 Å². The zero-order valence-corrected chi connectivity index (χ0v) is 28.7. The third-order valence-corrected chi connectivity index (χ3v) is 10.7. The minimum Gasteiger partial charge on any atom is -0.352 e. The molecule has 0 unspecified atom stereocenters. The molecule has 0 bridgehead atoms.